The Bertz CT molecular complexity index is 1670. The van der Waals surface area contributed by atoms with E-state index in [0.717, 1.165) is 16.0 Å². The van der Waals surface area contributed by atoms with E-state index in [1.54, 1.807) is 56.3 Å². The molecule has 4 aromatic carbocycles. The Morgan fingerprint density at radius 3 is 2.02 bits per heavy atom. The quantitative estimate of drug-likeness (QED) is 0.0966. The molecule has 1 aliphatic rings. The lowest BCUT2D eigenvalue weighted by molar-refractivity contribution is -0.384. The van der Waals surface area contributed by atoms with Crippen LogP contribution in [-0.2, 0) is 4.74 Å². The van der Waals surface area contributed by atoms with Gasteiger partial charge in [0, 0.05) is 23.3 Å². The molecule has 4 aromatic rings. The molecule has 9 nitrogen and oxygen atoms in total. The molecule has 1 atom stereocenters. The summed E-state index contributed by atoms with van der Waals surface area (Å²) in [6, 6.07) is 22.8. The van der Waals surface area contributed by atoms with Gasteiger partial charge in [-0.05, 0) is 55.3 Å². The van der Waals surface area contributed by atoms with Gasteiger partial charge in [0.05, 0.1) is 27.3 Å². The number of benzene rings is 4. The van der Waals surface area contributed by atoms with Gasteiger partial charge in [-0.1, -0.05) is 48.5 Å². The molecule has 1 aliphatic heterocycles. The fourth-order valence-corrected chi connectivity index (χ4v) is 4.70. The minimum atomic E-state index is -1.41. The van der Waals surface area contributed by atoms with Crippen molar-refractivity contribution >= 4 is 34.9 Å². The summed E-state index contributed by atoms with van der Waals surface area (Å²) in [5, 5.41) is 11.1. The molecule has 0 fully saturated rings. The number of para-hydroxylation sites is 1. The fraction of sp³-hybridized carbons (Fsp3) is 0.0968. The maximum absolute atomic E-state index is 13.4. The second-order valence-electron chi connectivity index (χ2n) is 9.31. The summed E-state index contributed by atoms with van der Waals surface area (Å²) in [7, 11) is 0. The van der Waals surface area contributed by atoms with E-state index in [2.05, 4.69) is 0 Å². The van der Waals surface area contributed by atoms with Gasteiger partial charge in [0.1, 0.15) is 0 Å². The van der Waals surface area contributed by atoms with Crippen LogP contribution in [0.4, 0.5) is 11.4 Å². The van der Waals surface area contributed by atoms with Crippen molar-refractivity contribution in [2.24, 2.45) is 0 Å². The van der Waals surface area contributed by atoms with Crippen LogP contribution >= 0.6 is 0 Å². The first-order valence-electron chi connectivity index (χ1n) is 12.3. The minimum absolute atomic E-state index is 0.0315. The summed E-state index contributed by atoms with van der Waals surface area (Å²) in [5.41, 5.74) is 2.48. The van der Waals surface area contributed by atoms with Crippen LogP contribution in [0.15, 0.2) is 91.0 Å². The molecule has 0 aliphatic carbocycles. The molecule has 198 valence electrons. The molecular weight excluding hydrogens is 512 g/mol. The molecule has 0 aromatic heterocycles. The third-order valence-corrected chi connectivity index (χ3v) is 6.71. The number of nitrogens with zero attached hydrogens (tertiary/aromatic N) is 2. The van der Waals surface area contributed by atoms with Gasteiger partial charge in [-0.25, -0.2) is 9.69 Å². The first-order valence-corrected chi connectivity index (χ1v) is 12.3. The number of nitro benzene ring substituents is 1. The van der Waals surface area contributed by atoms with Crippen molar-refractivity contribution < 1.29 is 28.8 Å². The molecule has 1 heterocycles. The number of anilines is 1. The molecule has 0 spiro atoms. The second-order valence-corrected chi connectivity index (χ2v) is 9.31. The smallest absolute Gasteiger partial charge is 0.339 e. The average molecular weight is 535 g/mol. The van der Waals surface area contributed by atoms with Crippen molar-refractivity contribution in [3.05, 3.63) is 140 Å². The Labute approximate surface area is 228 Å². The summed E-state index contributed by atoms with van der Waals surface area (Å²) in [5.74, 6) is -2.50. The van der Waals surface area contributed by atoms with E-state index >= 15 is 0 Å². The monoisotopic (exact) mass is 534 g/mol. The van der Waals surface area contributed by atoms with Gasteiger partial charge in [0.25, 0.3) is 17.5 Å². The number of non-ortho nitro benzene ring substituents is 1. The number of Topliss-reactive ketones (excluding diaryl/α,β-unsaturated/α-hetero) is 1. The van der Waals surface area contributed by atoms with Gasteiger partial charge in [0.2, 0.25) is 5.78 Å². The van der Waals surface area contributed by atoms with E-state index < -0.39 is 34.6 Å². The number of aryl methyl sites for hydroxylation is 2. The zero-order valence-electron chi connectivity index (χ0n) is 21.5. The summed E-state index contributed by atoms with van der Waals surface area (Å²) in [4.78, 5) is 64.8. The number of ketones is 1. The number of rotatable bonds is 7. The van der Waals surface area contributed by atoms with Crippen molar-refractivity contribution in [3.63, 3.8) is 0 Å². The standard InChI is InChI=1S/C31H22N2O7/c1-18-7-6-8-19(2)26(18)32-29(35)24-16-13-22(17-25(24)30(32)36)31(37)40-28(27(34)20-9-4-3-5-10-20)21-11-14-23(15-12-21)33(38)39/h3-17,28H,1-2H3/t28-/m0/s1. The van der Waals surface area contributed by atoms with Crippen LogP contribution in [0.5, 0.6) is 0 Å². The van der Waals surface area contributed by atoms with E-state index in [1.165, 1.54) is 42.5 Å². The maximum atomic E-state index is 13.4. The SMILES string of the molecule is Cc1cccc(C)c1N1C(=O)c2ccc(C(=O)O[C@H](C(=O)c3ccccc3)c3ccc([N+](=O)[O-])cc3)cc2C1=O. The van der Waals surface area contributed by atoms with E-state index in [0.29, 0.717) is 5.69 Å². The molecule has 0 saturated heterocycles. The first kappa shape index (κ1) is 26.2. The van der Waals surface area contributed by atoms with Gasteiger partial charge in [0.15, 0.2) is 6.10 Å². The van der Waals surface area contributed by atoms with E-state index in [9.17, 15) is 29.3 Å². The maximum Gasteiger partial charge on any atom is 0.339 e. The highest BCUT2D eigenvalue weighted by atomic mass is 16.6. The van der Waals surface area contributed by atoms with Crippen LogP contribution in [-0.4, -0.2) is 28.5 Å². The lowest BCUT2D eigenvalue weighted by atomic mass is 9.99. The topological polar surface area (TPSA) is 124 Å². The highest BCUT2D eigenvalue weighted by Gasteiger charge is 2.39. The van der Waals surface area contributed by atoms with Crippen molar-refractivity contribution in [1.82, 2.24) is 0 Å². The van der Waals surface area contributed by atoms with Gasteiger partial charge in [-0.3, -0.25) is 24.5 Å². The first-order chi connectivity index (χ1) is 19.2. The summed E-state index contributed by atoms with van der Waals surface area (Å²) >= 11 is 0. The lowest BCUT2D eigenvalue weighted by Gasteiger charge is -2.19. The number of carbonyl (C=O) groups is 4. The third-order valence-electron chi connectivity index (χ3n) is 6.71. The molecule has 0 N–H and O–H groups in total. The molecule has 5 rings (SSSR count). The lowest BCUT2D eigenvalue weighted by Crippen LogP contribution is -2.30. The number of nitro groups is 1. The second kappa shape index (κ2) is 10.4. The fourth-order valence-electron chi connectivity index (χ4n) is 4.70. The Morgan fingerprint density at radius 2 is 1.40 bits per heavy atom. The summed E-state index contributed by atoms with van der Waals surface area (Å²) in [6.07, 6.45) is -1.41. The summed E-state index contributed by atoms with van der Waals surface area (Å²) < 4.78 is 5.64. The van der Waals surface area contributed by atoms with Crippen LogP contribution in [0.2, 0.25) is 0 Å². The van der Waals surface area contributed by atoms with Gasteiger partial charge in [-0.15, -0.1) is 0 Å². The van der Waals surface area contributed by atoms with E-state index in [-0.39, 0.29) is 33.5 Å². The van der Waals surface area contributed by atoms with Crippen molar-refractivity contribution in [3.8, 4) is 0 Å². The van der Waals surface area contributed by atoms with Gasteiger partial charge >= 0.3 is 5.97 Å². The Hall–Kier alpha value is -5.44. The van der Waals surface area contributed by atoms with Crippen LogP contribution in [0.1, 0.15) is 64.2 Å². The van der Waals surface area contributed by atoms with Crippen LogP contribution in [0.25, 0.3) is 0 Å². The predicted octanol–water partition coefficient (Wildman–Crippen LogP) is 5.79. The number of fused-ring (bicyclic) bond motifs is 1. The molecule has 9 heteroatoms. The van der Waals surface area contributed by atoms with Crippen LogP contribution in [0, 0.1) is 24.0 Å². The Balaban J connectivity index is 1.47. The average Bonchev–Trinajstić information content (AvgIpc) is 3.20. The summed E-state index contributed by atoms with van der Waals surface area (Å²) in [6.45, 7) is 3.60. The molecule has 40 heavy (non-hydrogen) atoms. The molecule has 0 saturated carbocycles. The largest absolute Gasteiger partial charge is 0.445 e. The van der Waals surface area contributed by atoms with Crippen LogP contribution in [0.3, 0.4) is 0 Å². The number of imide groups is 1. The predicted molar refractivity (Wildman–Crippen MR) is 146 cm³/mol. The molecule has 2 amide bonds. The number of ether oxygens (including phenoxy) is 1. The highest BCUT2D eigenvalue weighted by molar-refractivity contribution is 6.35. The Morgan fingerprint density at radius 1 is 0.775 bits per heavy atom. The Kier molecular flexibility index (Phi) is 6.79. The van der Waals surface area contributed by atoms with Crippen molar-refractivity contribution in [1.29, 1.82) is 0 Å². The van der Waals surface area contributed by atoms with Crippen LogP contribution < -0.4 is 4.90 Å². The number of amides is 2. The molecule has 0 bridgehead atoms. The zero-order chi connectivity index (χ0) is 28.6. The third kappa shape index (κ3) is 4.64. The molecule has 0 unspecified atom stereocenters. The normalized spacial score (nSPS) is 13.1. The van der Waals surface area contributed by atoms with E-state index in [1.807, 2.05) is 6.07 Å². The van der Waals surface area contributed by atoms with E-state index in [4.69, 9.17) is 4.74 Å². The molecular formula is C31H22N2O7. The molecule has 0 radical (unpaired) electrons. The van der Waals surface area contributed by atoms with Gasteiger partial charge < -0.3 is 4.74 Å². The number of carbonyl (C=O) groups excluding carboxylic acids is 4. The van der Waals surface area contributed by atoms with Crippen molar-refractivity contribution in [2.75, 3.05) is 4.90 Å². The van der Waals surface area contributed by atoms with Crippen molar-refractivity contribution in [2.45, 2.75) is 20.0 Å². The highest BCUT2D eigenvalue weighted by Crippen LogP contribution is 2.34. The van der Waals surface area contributed by atoms with Gasteiger partial charge in [-0.2, -0.15) is 0 Å². The number of esters is 1. The zero-order valence-corrected chi connectivity index (χ0v) is 21.5. The number of hydrogen-bond donors (Lipinski definition) is 0. The number of hydrogen-bond acceptors (Lipinski definition) is 7. The minimum Gasteiger partial charge on any atom is -0.445 e.